The fraction of sp³-hybridized carbons (Fsp3) is 0. The number of non-ortho nitro benzene ring substituents is 1. The number of amides is 2. The Morgan fingerprint density at radius 1 is 1.23 bits per heavy atom. The summed E-state index contributed by atoms with van der Waals surface area (Å²) in [6, 6.07) is 3.30. The zero-order valence-electron chi connectivity index (χ0n) is 6.30. The molecule has 0 aromatic heterocycles. The lowest BCUT2D eigenvalue weighted by Gasteiger charge is -1.86. The van der Waals surface area contributed by atoms with Crippen molar-refractivity contribution in [1.29, 1.82) is 0 Å². The van der Waals surface area contributed by atoms with Gasteiger partial charge in [0.2, 0.25) is 0 Å². The van der Waals surface area contributed by atoms with Crippen LogP contribution in [0.2, 0.25) is 0 Å². The summed E-state index contributed by atoms with van der Waals surface area (Å²) in [7, 11) is 0. The first-order valence-corrected chi connectivity index (χ1v) is 3.43. The maximum atomic E-state index is 10.7. The number of fused-ring (bicyclic) bond motifs is 1. The molecule has 1 aliphatic heterocycles. The van der Waals surface area contributed by atoms with Gasteiger partial charge in [0.05, 0.1) is 10.3 Å². The third-order valence-electron chi connectivity index (χ3n) is 1.60. The smallest absolute Gasteiger partial charge is 0.258 e. The van der Waals surface area contributed by atoms with E-state index in [0.29, 0.717) is 5.36 Å². The highest BCUT2D eigenvalue weighted by Crippen LogP contribution is 2.03. The summed E-state index contributed by atoms with van der Waals surface area (Å²) in [6.45, 7) is 0. The summed E-state index contributed by atoms with van der Waals surface area (Å²) in [5.41, 5.74) is -0.0904. The number of benzene rings is 1. The minimum absolute atomic E-state index is 0.0904. The topological polar surface area (TPSA) is 84.9 Å². The Hall–Kier alpha value is -2.11. The number of carbonyl (C=O) groups excluding carboxylic acids is 1. The van der Waals surface area contributed by atoms with Crippen molar-refractivity contribution >= 4 is 11.7 Å². The normalized spacial score (nSPS) is 13.1. The van der Waals surface area contributed by atoms with Crippen molar-refractivity contribution in [2.45, 2.75) is 0 Å². The van der Waals surface area contributed by atoms with Crippen LogP contribution in [-0.4, -0.2) is 11.0 Å². The molecule has 1 heterocycles. The van der Waals surface area contributed by atoms with Gasteiger partial charge < -0.3 is 0 Å². The fourth-order valence-corrected chi connectivity index (χ4v) is 1.04. The monoisotopic (exact) mass is 177 g/mol. The van der Waals surface area contributed by atoms with Crippen molar-refractivity contribution in [3.63, 3.8) is 0 Å². The van der Waals surface area contributed by atoms with E-state index >= 15 is 0 Å². The van der Waals surface area contributed by atoms with Crippen molar-refractivity contribution in [1.82, 2.24) is 0 Å². The molecule has 0 aliphatic carbocycles. The van der Waals surface area contributed by atoms with Crippen LogP contribution < -0.4 is 10.7 Å². The molecule has 0 radical (unpaired) electrons. The van der Waals surface area contributed by atoms with E-state index in [1.54, 1.807) is 0 Å². The Kier molecular flexibility index (Phi) is 1.42. The second kappa shape index (κ2) is 2.44. The number of rotatable bonds is 1. The van der Waals surface area contributed by atoms with Crippen molar-refractivity contribution < 1.29 is 9.72 Å². The maximum Gasteiger partial charge on any atom is 0.368 e. The Balaban J connectivity index is 2.73. The first kappa shape index (κ1) is 7.53. The lowest BCUT2D eigenvalue weighted by Crippen LogP contribution is -2.21. The summed E-state index contributed by atoms with van der Waals surface area (Å²) in [4.78, 5) is 27.5. The highest BCUT2D eigenvalue weighted by atomic mass is 16.6. The number of hydrogen-bond acceptors (Lipinski definition) is 3. The second-order valence-corrected chi connectivity index (χ2v) is 2.44. The van der Waals surface area contributed by atoms with E-state index in [1.165, 1.54) is 18.2 Å². The van der Waals surface area contributed by atoms with Crippen LogP contribution >= 0.6 is 0 Å². The average molecular weight is 177 g/mol. The Morgan fingerprint density at radius 3 is 2.62 bits per heavy atom. The average Bonchev–Trinajstić information content (AvgIpc) is 2.42. The zero-order valence-corrected chi connectivity index (χ0v) is 6.30. The van der Waals surface area contributed by atoms with Crippen LogP contribution in [0.15, 0.2) is 28.2 Å². The molecule has 1 aromatic carbocycles. The van der Waals surface area contributed by atoms with Crippen LogP contribution in [0.5, 0.6) is 0 Å². The zero-order chi connectivity index (χ0) is 9.42. The molecule has 0 atom stereocenters. The summed E-state index contributed by atoms with van der Waals surface area (Å²) in [5.74, 6) is 0. The summed E-state index contributed by atoms with van der Waals surface area (Å²) in [6.07, 6.45) is 0. The molecule has 1 aromatic rings. The van der Waals surface area contributed by atoms with Gasteiger partial charge in [-0.15, -0.1) is 0 Å². The summed E-state index contributed by atoms with van der Waals surface area (Å²) in [5, 5.41) is 11.0. The van der Waals surface area contributed by atoms with Crippen LogP contribution in [-0.2, 0) is 0 Å². The Bertz CT molecular complexity index is 520. The molecule has 64 valence electrons. The molecule has 2 amide bonds. The summed E-state index contributed by atoms with van der Waals surface area (Å²) < 4.78 is 0. The number of hydrogen-bond donors (Lipinski definition) is 0. The Labute approximate surface area is 71.4 Å². The van der Waals surface area contributed by atoms with Gasteiger partial charge >= 0.3 is 6.03 Å². The molecule has 0 saturated heterocycles. The Morgan fingerprint density at radius 2 is 1.92 bits per heavy atom. The third kappa shape index (κ3) is 1.18. The van der Waals surface area contributed by atoms with Gasteiger partial charge in [-0.2, -0.15) is 9.98 Å². The second-order valence-electron chi connectivity index (χ2n) is 2.44. The molecule has 0 bridgehead atoms. The van der Waals surface area contributed by atoms with Gasteiger partial charge in [-0.1, -0.05) is 0 Å². The minimum atomic E-state index is -0.615. The van der Waals surface area contributed by atoms with Gasteiger partial charge in [-0.3, -0.25) is 10.1 Å². The molecular formula is C7H3N3O3. The maximum absolute atomic E-state index is 10.7. The van der Waals surface area contributed by atoms with Crippen LogP contribution in [0.25, 0.3) is 0 Å². The van der Waals surface area contributed by atoms with Gasteiger partial charge in [0.1, 0.15) is 5.36 Å². The van der Waals surface area contributed by atoms with Gasteiger partial charge in [-0.25, -0.2) is 4.79 Å². The van der Waals surface area contributed by atoms with Crippen LogP contribution in [0.4, 0.5) is 10.5 Å². The van der Waals surface area contributed by atoms with E-state index in [1.807, 2.05) is 0 Å². The lowest BCUT2D eigenvalue weighted by molar-refractivity contribution is -0.385. The summed E-state index contributed by atoms with van der Waals surface area (Å²) >= 11 is 0. The largest absolute Gasteiger partial charge is 0.368 e. The highest BCUT2D eigenvalue weighted by Gasteiger charge is 2.09. The highest BCUT2D eigenvalue weighted by molar-refractivity contribution is 5.77. The van der Waals surface area contributed by atoms with Crippen LogP contribution in [0.3, 0.4) is 0 Å². The fourth-order valence-electron chi connectivity index (χ4n) is 1.04. The molecule has 13 heavy (non-hydrogen) atoms. The molecule has 6 heteroatoms. The first-order valence-electron chi connectivity index (χ1n) is 3.43. The van der Waals surface area contributed by atoms with Crippen molar-refractivity contribution in [3.05, 3.63) is 39.0 Å². The third-order valence-corrected chi connectivity index (χ3v) is 1.60. The van der Waals surface area contributed by atoms with E-state index in [0.717, 1.165) is 0 Å². The molecular weight excluding hydrogens is 174 g/mol. The molecule has 0 spiro atoms. The quantitative estimate of drug-likeness (QED) is 0.445. The predicted molar refractivity (Wildman–Crippen MR) is 40.8 cm³/mol. The van der Waals surface area contributed by atoms with E-state index in [-0.39, 0.29) is 11.0 Å². The van der Waals surface area contributed by atoms with Gasteiger partial charge in [0.15, 0.2) is 0 Å². The lowest BCUT2D eigenvalue weighted by atomic mass is 10.3. The number of nitro benzene ring substituents is 1. The number of urea groups is 1. The van der Waals surface area contributed by atoms with Gasteiger partial charge in [0, 0.05) is 12.1 Å². The molecule has 1 aliphatic rings. The van der Waals surface area contributed by atoms with E-state index in [9.17, 15) is 14.9 Å². The van der Waals surface area contributed by atoms with Crippen molar-refractivity contribution in [2.75, 3.05) is 0 Å². The van der Waals surface area contributed by atoms with Crippen molar-refractivity contribution in [3.8, 4) is 0 Å². The molecule has 2 rings (SSSR count). The molecule has 0 unspecified atom stereocenters. The SMILES string of the molecule is O=C1N=c2ccc([N+](=O)[O-])cc2=N1. The first-order chi connectivity index (χ1) is 6.16. The van der Waals surface area contributed by atoms with E-state index in [4.69, 9.17) is 0 Å². The predicted octanol–water partition coefficient (Wildman–Crippen LogP) is -0.0324. The number of nitro groups is 1. The molecule has 0 N–H and O–H groups in total. The van der Waals surface area contributed by atoms with Crippen LogP contribution in [0, 0.1) is 10.1 Å². The molecule has 6 nitrogen and oxygen atoms in total. The molecule has 0 saturated carbocycles. The number of nitrogens with zero attached hydrogens (tertiary/aromatic N) is 3. The van der Waals surface area contributed by atoms with E-state index in [2.05, 4.69) is 9.98 Å². The van der Waals surface area contributed by atoms with Gasteiger partial charge in [-0.05, 0) is 6.07 Å². The van der Waals surface area contributed by atoms with Gasteiger partial charge in [0.25, 0.3) is 5.69 Å². The van der Waals surface area contributed by atoms with Crippen molar-refractivity contribution in [2.24, 2.45) is 9.98 Å². The van der Waals surface area contributed by atoms with Crippen LogP contribution in [0.1, 0.15) is 0 Å². The number of carbonyl (C=O) groups is 1. The molecule has 0 fully saturated rings. The minimum Gasteiger partial charge on any atom is -0.258 e. The van der Waals surface area contributed by atoms with E-state index < -0.39 is 11.0 Å². The standard InChI is InChI=1S/C7H3N3O3/c11-7-8-5-2-1-4(10(12)13)3-6(5)9-7/h1-3H.